The number of thiazole rings is 1. The predicted octanol–water partition coefficient (Wildman–Crippen LogP) is 4.70. The molecule has 3 aromatic rings. The molecule has 0 atom stereocenters. The molecule has 1 N–H and O–H groups in total. The fraction of sp³-hybridized carbons (Fsp3) is 0.235. The maximum absolute atomic E-state index is 4.72. The van der Waals surface area contributed by atoms with Crippen LogP contribution in [-0.4, -0.2) is 11.0 Å². The third-order valence-electron chi connectivity index (χ3n) is 3.60. The van der Waals surface area contributed by atoms with Crippen LogP contribution in [0.2, 0.25) is 0 Å². The number of fused-ring (bicyclic) bond motifs is 1. The second-order valence-corrected chi connectivity index (χ2v) is 7.63. The van der Waals surface area contributed by atoms with Gasteiger partial charge >= 0.3 is 0 Å². The Bertz CT molecular complexity index is 729. The quantitative estimate of drug-likeness (QED) is 0.739. The molecule has 0 radical (unpaired) electrons. The summed E-state index contributed by atoms with van der Waals surface area (Å²) in [5.41, 5.74) is 2.47. The largest absolute Gasteiger partial charge is 0.310 e. The smallest absolute Gasteiger partial charge is 0.155 e. The van der Waals surface area contributed by atoms with Crippen molar-refractivity contribution in [3.05, 3.63) is 54.1 Å². The van der Waals surface area contributed by atoms with Crippen molar-refractivity contribution >= 4 is 33.3 Å². The van der Waals surface area contributed by atoms with Gasteiger partial charge in [-0.25, -0.2) is 4.98 Å². The number of benzene rings is 2. The molecule has 0 unspecified atom stereocenters. The van der Waals surface area contributed by atoms with Crippen LogP contribution in [0.3, 0.4) is 0 Å². The van der Waals surface area contributed by atoms with Crippen molar-refractivity contribution in [2.45, 2.75) is 34.7 Å². The van der Waals surface area contributed by atoms with Crippen LogP contribution in [0.15, 0.2) is 57.8 Å². The van der Waals surface area contributed by atoms with E-state index < -0.39 is 0 Å². The van der Waals surface area contributed by atoms with E-state index in [1.54, 1.807) is 23.1 Å². The van der Waals surface area contributed by atoms with E-state index in [9.17, 15) is 0 Å². The first-order valence-electron chi connectivity index (χ1n) is 7.23. The maximum atomic E-state index is 4.72. The average molecular weight is 312 g/mol. The van der Waals surface area contributed by atoms with E-state index in [0.717, 1.165) is 22.4 Å². The molecule has 4 heteroatoms. The molecule has 0 aliphatic heterocycles. The Morgan fingerprint density at radius 3 is 2.76 bits per heavy atom. The van der Waals surface area contributed by atoms with Gasteiger partial charge in [-0.05, 0) is 36.6 Å². The molecule has 2 nitrogen and oxygen atoms in total. The molecule has 106 valence electrons. The molecule has 0 spiro atoms. The van der Waals surface area contributed by atoms with E-state index in [2.05, 4.69) is 47.8 Å². The zero-order chi connectivity index (χ0) is 14.1. The van der Waals surface area contributed by atoms with Gasteiger partial charge in [0.05, 0.1) is 10.2 Å². The van der Waals surface area contributed by atoms with Crippen LogP contribution in [0.25, 0.3) is 10.2 Å². The second-order valence-electron chi connectivity index (χ2n) is 5.31. The molecule has 21 heavy (non-hydrogen) atoms. The van der Waals surface area contributed by atoms with Crippen LogP contribution in [0.5, 0.6) is 0 Å². The minimum Gasteiger partial charge on any atom is -0.310 e. The second kappa shape index (κ2) is 5.79. The first kappa shape index (κ1) is 13.3. The number of aromatic nitrogens is 1. The summed E-state index contributed by atoms with van der Waals surface area (Å²) in [4.78, 5) is 6.03. The van der Waals surface area contributed by atoms with Gasteiger partial charge < -0.3 is 5.32 Å². The highest BCUT2D eigenvalue weighted by atomic mass is 32.2. The summed E-state index contributed by atoms with van der Waals surface area (Å²) in [6.45, 7) is 0.957. The highest BCUT2D eigenvalue weighted by Gasteiger charge is 2.20. The first-order chi connectivity index (χ1) is 10.4. The lowest BCUT2D eigenvalue weighted by Crippen LogP contribution is -2.15. The number of nitrogens with zero attached hydrogens (tertiary/aromatic N) is 1. The van der Waals surface area contributed by atoms with Gasteiger partial charge in [-0.1, -0.05) is 42.1 Å². The summed E-state index contributed by atoms with van der Waals surface area (Å²) in [6.07, 6.45) is 2.65. The van der Waals surface area contributed by atoms with Gasteiger partial charge in [-0.2, -0.15) is 0 Å². The normalized spacial score (nSPS) is 14.7. The Hall–Kier alpha value is -1.36. The monoisotopic (exact) mass is 312 g/mol. The molecular formula is C17H16N2S2. The van der Waals surface area contributed by atoms with E-state index in [1.165, 1.54) is 28.0 Å². The molecule has 1 aliphatic rings. The predicted molar refractivity (Wildman–Crippen MR) is 90.0 cm³/mol. The SMILES string of the molecule is c1ccc(Sc2nc3ccccc3s2)c(CNC2CC2)c1. The molecular weight excluding hydrogens is 296 g/mol. The molecule has 1 aliphatic carbocycles. The highest BCUT2D eigenvalue weighted by Crippen LogP contribution is 2.36. The van der Waals surface area contributed by atoms with Crippen LogP contribution < -0.4 is 5.32 Å². The lowest BCUT2D eigenvalue weighted by Gasteiger charge is -2.08. The molecule has 1 heterocycles. The van der Waals surface area contributed by atoms with Gasteiger partial charge in [0.25, 0.3) is 0 Å². The summed E-state index contributed by atoms with van der Waals surface area (Å²) in [5.74, 6) is 0. The van der Waals surface area contributed by atoms with Crippen molar-refractivity contribution in [3.63, 3.8) is 0 Å². The summed E-state index contributed by atoms with van der Waals surface area (Å²) in [7, 11) is 0. The van der Waals surface area contributed by atoms with E-state index in [4.69, 9.17) is 4.98 Å². The van der Waals surface area contributed by atoms with Crippen molar-refractivity contribution < 1.29 is 0 Å². The Labute approximate surface area is 132 Å². The Morgan fingerprint density at radius 1 is 1.10 bits per heavy atom. The Morgan fingerprint density at radius 2 is 1.90 bits per heavy atom. The van der Waals surface area contributed by atoms with Gasteiger partial charge in [-0.3, -0.25) is 0 Å². The summed E-state index contributed by atoms with van der Waals surface area (Å²) in [6, 6.07) is 17.7. The van der Waals surface area contributed by atoms with E-state index in [1.807, 2.05) is 6.07 Å². The van der Waals surface area contributed by atoms with Gasteiger partial charge in [0, 0.05) is 17.5 Å². The van der Waals surface area contributed by atoms with Crippen molar-refractivity contribution in [2.75, 3.05) is 0 Å². The summed E-state index contributed by atoms with van der Waals surface area (Å²) in [5, 5.41) is 3.60. The summed E-state index contributed by atoms with van der Waals surface area (Å²) < 4.78 is 2.38. The van der Waals surface area contributed by atoms with Crippen LogP contribution in [-0.2, 0) is 6.54 Å². The molecule has 1 saturated carbocycles. The van der Waals surface area contributed by atoms with Crippen LogP contribution in [0.1, 0.15) is 18.4 Å². The van der Waals surface area contributed by atoms with Crippen LogP contribution >= 0.6 is 23.1 Å². The fourth-order valence-corrected chi connectivity index (χ4v) is 4.43. The average Bonchev–Trinajstić information content (AvgIpc) is 3.25. The van der Waals surface area contributed by atoms with Crippen molar-refractivity contribution in [1.82, 2.24) is 10.3 Å². The number of para-hydroxylation sites is 1. The topological polar surface area (TPSA) is 24.9 Å². The number of hydrogen-bond acceptors (Lipinski definition) is 4. The molecule has 0 bridgehead atoms. The highest BCUT2D eigenvalue weighted by molar-refractivity contribution is 8.01. The lowest BCUT2D eigenvalue weighted by atomic mass is 10.2. The molecule has 0 saturated heterocycles. The van der Waals surface area contributed by atoms with Crippen molar-refractivity contribution in [3.8, 4) is 0 Å². The van der Waals surface area contributed by atoms with Crippen LogP contribution in [0, 0.1) is 0 Å². The van der Waals surface area contributed by atoms with Gasteiger partial charge in [0.2, 0.25) is 0 Å². The maximum Gasteiger partial charge on any atom is 0.155 e. The zero-order valence-corrected chi connectivity index (χ0v) is 13.2. The molecule has 1 fully saturated rings. The Kier molecular flexibility index (Phi) is 3.67. The molecule has 1 aromatic heterocycles. The standard InChI is InChI=1S/C17H16N2S2/c1-3-7-15(12(5-1)11-18-13-9-10-13)20-17-19-14-6-2-4-8-16(14)21-17/h1-8,13,18H,9-11H2. The number of hydrogen-bond donors (Lipinski definition) is 1. The molecule has 0 amide bonds. The van der Waals surface area contributed by atoms with Crippen LogP contribution in [0.4, 0.5) is 0 Å². The first-order valence-corrected chi connectivity index (χ1v) is 8.86. The summed E-state index contributed by atoms with van der Waals surface area (Å²) >= 11 is 3.55. The number of nitrogens with one attached hydrogen (secondary N) is 1. The minimum atomic E-state index is 0.741. The van der Waals surface area contributed by atoms with Gasteiger partial charge in [-0.15, -0.1) is 11.3 Å². The fourth-order valence-electron chi connectivity index (χ4n) is 2.28. The third-order valence-corrected chi connectivity index (χ3v) is 5.82. The van der Waals surface area contributed by atoms with E-state index >= 15 is 0 Å². The molecule has 4 rings (SSSR count). The van der Waals surface area contributed by atoms with Gasteiger partial charge in [0.15, 0.2) is 4.34 Å². The van der Waals surface area contributed by atoms with Crippen molar-refractivity contribution in [2.24, 2.45) is 0 Å². The van der Waals surface area contributed by atoms with E-state index in [-0.39, 0.29) is 0 Å². The third kappa shape index (κ3) is 3.12. The van der Waals surface area contributed by atoms with Crippen molar-refractivity contribution in [1.29, 1.82) is 0 Å². The van der Waals surface area contributed by atoms with E-state index in [0.29, 0.717) is 0 Å². The molecule has 2 aromatic carbocycles. The Balaban J connectivity index is 1.57. The van der Waals surface area contributed by atoms with Gasteiger partial charge in [0.1, 0.15) is 0 Å². The lowest BCUT2D eigenvalue weighted by molar-refractivity contribution is 0.680. The minimum absolute atomic E-state index is 0.741. The zero-order valence-electron chi connectivity index (χ0n) is 11.6. The number of rotatable bonds is 5.